The Morgan fingerprint density at radius 2 is 1.83 bits per heavy atom. The molecule has 1 fully saturated rings. The number of hydrogen-bond acceptors (Lipinski definition) is 4. The highest BCUT2D eigenvalue weighted by molar-refractivity contribution is 5.95. The highest BCUT2D eigenvalue weighted by atomic mass is 35.5. The third kappa shape index (κ3) is 3.70. The number of halogens is 4. The number of amides is 1. The van der Waals surface area contributed by atoms with E-state index in [0.29, 0.717) is 24.7 Å². The molecule has 134 valence electrons. The number of nitrogens with two attached hydrogens (primary N) is 1. The average Bonchev–Trinajstić information content (AvgIpc) is 2.52. The number of rotatable bonds is 1. The number of piperidine rings is 1. The van der Waals surface area contributed by atoms with Crippen molar-refractivity contribution >= 4 is 18.3 Å². The van der Waals surface area contributed by atoms with Crippen molar-refractivity contribution in [2.75, 3.05) is 19.8 Å². The summed E-state index contributed by atoms with van der Waals surface area (Å²) in [5, 5.41) is 0. The Labute approximate surface area is 143 Å². The summed E-state index contributed by atoms with van der Waals surface area (Å²) in [6.45, 7) is 0.624. The molecule has 0 aromatic heterocycles. The van der Waals surface area contributed by atoms with Gasteiger partial charge < -0.3 is 20.1 Å². The highest BCUT2D eigenvalue weighted by Gasteiger charge is 2.47. The van der Waals surface area contributed by atoms with Crippen molar-refractivity contribution in [3.8, 4) is 11.5 Å². The lowest BCUT2D eigenvalue weighted by atomic mass is 9.97. The van der Waals surface area contributed by atoms with Crippen LogP contribution in [0.1, 0.15) is 23.2 Å². The third-order valence-corrected chi connectivity index (χ3v) is 4.05. The largest absolute Gasteiger partial charge is 0.486 e. The van der Waals surface area contributed by atoms with E-state index in [1.165, 1.54) is 18.2 Å². The van der Waals surface area contributed by atoms with Crippen molar-refractivity contribution in [3.63, 3.8) is 0 Å². The molecule has 9 heteroatoms. The van der Waals surface area contributed by atoms with Crippen molar-refractivity contribution < 1.29 is 27.4 Å². The summed E-state index contributed by atoms with van der Waals surface area (Å²) < 4.78 is 50.3. The topological polar surface area (TPSA) is 64.8 Å². The molecule has 2 unspecified atom stereocenters. The maximum absolute atomic E-state index is 13.2. The Morgan fingerprint density at radius 1 is 1.17 bits per heavy atom. The zero-order valence-corrected chi connectivity index (χ0v) is 13.5. The molecule has 24 heavy (non-hydrogen) atoms. The van der Waals surface area contributed by atoms with Crippen LogP contribution in [0.3, 0.4) is 0 Å². The van der Waals surface area contributed by atoms with Crippen molar-refractivity contribution in [2.24, 2.45) is 5.73 Å². The van der Waals surface area contributed by atoms with Gasteiger partial charge in [-0.25, -0.2) is 0 Å². The number of benzene rings is 1. The van der Waals surface area contributed by atoms with Crippen molar-refractivity contribution in [3.05, 3.63) is 23.8 Å². The molecule has 1 aromatic rings. The molecule has 2 atom stereocenters. The Hall–Kier alpha value is -1.67. The maximum atomic E-state index is 13.2. The van der Waals surface area contributed by atoms with Gasteiger partial charge in [0.2, 0.25) is 0 Å². The first-order chi connectivity index (χ1) is 10.9. The van der Waals surface area contributed by atoms with Crippen LogP contribution < -0.4 is 15.2 Å². The Kier molecular flexibility index (Phi) is 5.49. The van der Waals surface area contributed by atoms with E-state index in [0.717, 1.165) is 4.90 Å². The second-order valence-corrected chi connectivity index (χ2v) is 5.71. The van der Waals surface area contributed by atoms with Crippen LogP contribution >= 0.6 is 12.4 Å². The molecule has 2 aliphatic rings. The minimum Gasteiger partial charge on any atom is -0.486 e. The zero-order chi connectivity index (χ0) is 16.6. The molecule has 0 saturated carbocycles. The molecule has 1 saturated heterocycles. The summed E-state index contributed by atoms with van der Waals surface area (Å²) >= 11 is 0. The second-order valence-electron chi connectivity index (χ2n) is 5.71. The van der Waals surface area contributed by atoms with Crippen LogP contribution in [-0.4, -0.2) is 48.8 Å². The number of fused-ring (bicyclic) bond motifs is 1. The number of alkyl halides is 3. The summed E-state index contributed by atoms with van der Waals surface area (Å²) in [5.41, 5.74) is 5.89. The summed E-state index contributed by atoms with van der Waals surface area (Å²) in [6, 6.07) is 2.15. The number of carbonyl (C=O) groups excluding carboxylic acids is 1. The molecule has 0 aliphatic carbocycles. The number of likely N-dealkylation sites (tertiary alicyclic amines) is 1. The molecule has 5 nitrogen and oxygen atoms in total. The molecule has 0 spiro atoms. The summed E-state index contributed by atoms with van der Waals surface area (Å²) in [4.78, 5) is 13.4. The van der Waals surface area contributed by atoms with Crippen molar-refractivity contribution in [2.45, 2.75) is 31.1 Å². The number of carbonyl (C=O) groups is 1. The lowest BCUT2D eigenvalue weighted by Crippen LogP contribution is -2.56. The summed E-state index contributed by atoms with van der Waals surface area (Å²) in [5.74, 6) is 0.155. The van der Waals surface area contributed by atoms with E-state index >= 15 is 0 Å². The van der Waals surface area contributed by atoms with Gasteiger partial charge in [-0.15, -0.1) is 12.4 Å². The fourth-order valence-corrected chi connectivity index (χ4v) is 2.91. The monoisotopic (exact) mass is 366 g/mol. The Morgan fingerprint density at radius 3 is 2.50 bits per heavy atom. The molecule has 3 rings (SSSR count). The van der Waals surface area contributed by atoms with E-state index < -0.39 is 24.2 Å². The van der Waals surface area contributed by atoms with Crippen LogP contribution in [0.15, 0.2) is 18.2 Å². The van der Waals surface area contributed by atoms with Gasteiger partial charge in [0.1, 0.15) is 19.3 Å². The minimum absolute atomic E-state index is 0. The van der Waals surface area contributed by atoms with E-state index in [-0.39, 0.29) is 37.4 Å². The summed E-state index contributed by atoms with van der Waals surface area (Å²) in [7, 11) is 0. The van der Waals surface area contributed by atoms with Crippen LogP contribution in [0.5, 0.6) is 11.5 Å². The quantitative estimate of drug-likeness (QED) is 0.828. The van der Waals surface area contributed by atoms with Gasteiger partial charge in [0.25, 0.3) is 5.91 Å². The fourth-order valence-electron chi connectivity index (χ4n) is 2.91. The summed E-state index contributed by atoms with van der Waals surface area (Å²) in [6.07, 6.45) is -4.40. The van der Waals surface area contributed by atoms with Crippen LogP contribution in [0.25, 0.3) is 0 Å². The first kappa shape index (κ1) is 18.7. The lowest BCUT2D eigenvalue weighted by molar-refractivity contribution is -0.184. The van der Waals surface area contributed by atoms with E-state index in [2.05, 4.69) is 0 Å². The van der Waals surface area contributed by atoms with Gasteiger partial charge in [0.15, 0.2) is 11.5 Å². The molecule has 2 heterocycles. The Bertz CT molecular complexity index is 612. The van der Waals surface area contributed by atoms with Gasteiger partial charge in [-0.05, 0) is 31.0 Å². The van der Waals surface area contributed by atoms with Gasteiger partial charge in [-0.3, -0.25) is 4.79 Å². The molecule has 2 aliphatic heterocycles. The van der Waals surface area contributed by atoms with Gasteiger partial charge in [0, 0.05) is 18.2 Å². The second kappa shape index (κ2) is 7.06. The molecular weight excluding hydrogens is 349 g/mol. The smallest absolute Gasteiger partial charge is 0.408 e. The van der Waals surface area contributed by atoms with Crippen LogP contribution in [0.2, 0.25) is 0 Å². The fraction of sp³-hybridized carbons (Fsp3) is 0.533. The first-order valence-corrected chi connectivity index (χ1v) is 7.39. The van der Waals surface area contributed by atoms with Crippen LogP contribution in [-0.2, 0) is 0 Å². The average molecular weight is 367 g/mol. The van der Waals surface area contributed by atoms with Crippen LogP contribution in [0.4, 0.5) is 13.2 Å². The predicted molar refractivity (Wildman–Crippen MR) is 82.8 cm³/mol. The van der Waals surface area contributed by atoms with Gasteiger partial charge in [-0.1, -0.05) is 0 Å². The van der Waals surface area contributed by atoms with E-state index in [4.69, 9.17) is 15.2 Å². The number of ether oxygens (including phenoxy) is 2. The molecule has 0 radical (unpaired) electrons. The van der Waals surface area contributed by atoms with Gasteiger partial charge in [0.05, 0.1) is 0 Å². The molecule has 0 bridgehead atoms. The zero-order valence-electron chi connectivity index (χ0n) is 12.7. The molecular formula is C15H18ClF3N2O3. The molecule has 1 aromatic carbocycles. The molecule has 1 amide bonds. The SMILES string of the molecule is Cl.NC1CCC(C(F)(F)F)N(C(=O)c2ccc3c(c2)OCCO3)C1. The predicted octanol–water partition coefficient (Wildman–Crippen LogP) is 2.37. The van der Waals surface area contributed by atoms with Crippen molar-refractivity contribution in [1.29, 1.82) is 0 Å². The Balaban J connectivity index is 0.00000208. The standard InChI is InChI=1S/C15H17F3N2O3.ClH/c16-15(17,18)13-4-2-10(19)8-20(13)14(21)9-1-3-11-12(7-9)23-6-5-22-11;/h1,3,7,10,13H,2,4-6,8,19H2;1H. The van der Waals surface area contributed by atoms with Gasteiger partial charge in [-0.2, -0.15) is 13.2 Å². The highest BCUT2D eigenvalue weighted by Crippen LogP contribution is 2.35. The first-order valence-electron chi connectivity index (χ1n) is 7.39. The van der Waals surface area contributed by atoms with E-state index in [1.807, 2.05) is 0 Å². The van der Waals surface area contributed by atoms with Gasteiger partial charge >= 0.3 is 6.18 Å². The lowest BCUT2D eigenvalue weighted by Gasteiger charge is -2.39. The van der Waals surface area contributed by atoms with Crippen LogP contribution in [0, 0.1) is 0 Å². The number of nitrogens with zero attached hydrogens (tertiary/aromatic N) is 1. The molecule has 2 N–H and O–H groups in total. The third-order valence-electron chi connectivity index (χ3n) is 4.05. The van der Waals surface area contributed by atoms with E-state index in [1.54, 1.807) is 0 Å². The van der Waals surface area contributed by atoms with E-state index in [9.17, 15) is 18.0 Å². The minimum atomic E-state index is -4.47. The number of hydrogen-bond donors (Lipinski definition) is 1. The van der Waals surface area contributed by atoms with Crippen molar-refractivity contribution in [1.82, 2.24) is 4.90 Å². The maximum Gasteiger partial charge on any atom is 0.408 e. The normalized spacial score (nSPS) is 23.4.